The number of anilines is 2. The third kappa shape index (κ3) is 3.38. The lowest BCUT2D eigenvalue weighted by atomic mass is 10.1. The fourth-order valence-corrected chi connectivity index (χ4v) is 3.85. The van der Waals surface area contributed by atoms with Gasteiger partial charge in [-0.1, -0.05) is 40.6 Å². The van der Waals surface area contributed by atoms with Gasteiger partial charge in [-0.3, -0.25) is 10.1 Å². The number of hydrogen-bond donors (Lipinski definition) is 2. The molecule has 0 saturated heterocycles. The number of nitrogens with zero attached hydrogens (tertiary/aromatic N) is 3. The van der Waals surface area contributed by atoms with E-state index in [0.717, 1.165) is 24.0 Å². The van der Waals surface area contributed by atoms with Crippen molar-refractivity contribution >= 4 is 51.4 Å². The number of benzene rings is 1. The zero-order chi connectivity index (χ0) is 18.1. The fraction of sp³-hybridized carbons (Fsp3) is 0.176. The number of aromatic nitrogens is 3. The average Bonchev–Trinajstić information content (AvgIpc) is 3.29. The van der Waals surface area contributed by atoms with Gasteiger partial charge in [0.15, 0.2) is 0 Å². The first-order valence-corrected chi connectivity index (χ1v) is 9.52. The Morgan fingerprint density at radius 3 is 2.85 bits per heavy atom. The monoisotopic (exact) mass is 405 g/mol. The molecule has 132 valence electrons. The number of nitrogens with one attached hydrogen (secondary N) is 2. The molecule has 0 fully saturated rings. The summed E-state index contributed by atoms with van der Waals surface area (Å²) in [5.41, 5.74) is 4.23. The highest BCUT2D eigenvalue weighted by atomic mass is 35.5. The molecule has 2 N–H and O–H groups in total. The molecule has 26 heavy (non-hydrogen) atoms. The van der Waals surface area contributed by atoms with Gasteiger partial charge >= 0.3 is 0 Å². The zero-order valence-corrected chi connectivity index (χ0v) is 15.7. The topological polar surface area (TPSA) is 79.8 Å². The number of amides is 1. The molecule has 1 amide bonds. The lowest BCUT2D eigenvalue weighted by Crippen LogP contribution is -2.13. The Morgan fingerprint density at radius 2 is 2.12 bits per heavy atom. The van der Waals surface area contributed by atoms with Crippen LogP contribution in [-0.4, -0.2) is 21.1 Å². The van der Waals surface area contributed by atoms with Crippen molar-refractivity contribution in [2.24, 2.45) is 0 Å². The van der Waals surface area contributed by atoms with Crippen molar-refractivity contribution in [2.75, 3.05) is 10.6 Å². The molecule has 0 saturated carbocycles. The number of rotatable bonds is 4. The summed E-state index contributed by atoms with van der Waals surface area (Å²) < 4.78 is 0. The normalized spacial score (nSPS) is 15.5. The van der Waals surface area contributed by atoms with Crippen molar-refractivity contribution < 1.29 is 4.79 Å². The van der Waals surface area contributed by atoms with Crippen molar-refractivity contribution in [3.63, 3.8) is 0 Å². The van der Waals surface area contributed by atoms with E-state index >= 15 is 0 Å². The summed E-state index contributed by atoms with van der Waals surface area (Å²) in [7, 11) is 0. The zero-order valence-electron chi connectivity index (χ0n) is 13.4. The Balaban J connectivity index is 1.46. The highest BCUT2D eigenvalue weighted by Crippen LogP contribution is 2.40. The van der Waals surface area contributed by atoms with Crippen molar-refractivity contribution in [2.45, 2.75) is 18.9 Å². The molecule has 0 bridgehead atoms. The molecule has 4 rings (SSSR count). The number of hydrogen-bond acceptors (Lipinski definition) is 6. The predicted octanol–water partition coefficient (Wildman–Crippen LogP) is 4.59. The van der Waals surface area contributed by atoms with E-state index in [9.17, 15) is 4.79 Å². The van der Waals surface area contributed by atoms with Crippen molar-refractivity contribution in [1.29, 1.82) is 0 Å². The smallest absolute Gasteiger partial charge is 0.259 e. The number of fused-ring (bicyclic) bond motifs is 1. The van der Waals surface area contributed by atoms with E-state index in [-0.39, 0.29) is 11.9 Å². The molecule has 1 aromatic carbocycles. The van der Waals surface area contributed by atoms with Crippen LogP contribution in [0.3, 0.4) is 0 Å². The molecule has 1 atom stereocenters. The summed E-state index contributed by atoms with van der Waals surface area (Å²) in [6, 6.07) is 7.43. The third-order valence-corrected chi connectivity index (χ3v) is 5.67. The Morgan fingerprint density at radius 1 is 1.23 bits per heavy atom. The molecule has 1 aliphatic carbocycles. The molecule has 0 radical (unpaired) electrons. The molecule has 9 heteroatoms. The van der Waals surface area contributed by atoms with Crippen LogP contribution in [0.2, 0.25) is 10.0 Å². The van der Waals surface area contributed by atoms with Crippen LogP contribution in [-0.2, 0) is 6.42 Å². The van der Waals surface area contributed by atoms with Gasteiger partial charge in [0.1, 0.15) is 11.3 Å². The second kappa shape index (κ2) is 7.19. The number of halogens is 2. The average molecular weight is 406 g/mol. The lowest BCUT2D eigenvalue weighted by Gasteiger charge is -2.15. The molecule has 3 aromatic rings. The van der Waals surface area contributed by atoms with Crippen LogP contribution >= 0.6 is 34.5 Å². The van der Waals surface area contributed by atoms with Gasteiger partial charge in [-0.2, -0.15) is 0 Å². The Kier molecular flexibility index (Phi) is 4.76. The minimum absolute atomic E-state index is 0.119. The van der Waals surface area contributed by atoms with Crippen LogP contribution in [0, 0.1) is 0 Å². The molecule has 1 unspecified atom stereocenters. The van der Waals surface area contributed by atoms with Crippen LogP contribution in [0.5, 0.6) is 0 Å². The van der Waals surface area contributed by atoms with E-state index in [1.807, 2.05) is 12.1 Å². The van der Waals surface area contributed by atoms with Gasteiger partial charge < -0.3 is 5.32 Å². The Hall–Kier alpha value is -2.22. The van der Waals surface area contributed by atoms with Gasteiger partial charge in [-0.25, -0.2) is 4.98 Å². The van der Waals surface area contributed by atoms with Gasteiger partial charge in [0.2, 0.25) is 5.13 Å². The van der Waals surface area contributed by atoms with E-state index in [0.29, 0.717) is 26.6 Å². The van der Waals surface area contributed by atoms with Crippen molar-refractivity contribution in [3.8, 4) is 0 Å². The number of pyridine rings is 1. The predicted molar refractivity (Wildman–Crippen MR) is 103 cm³/mol. The summed E-state index contributed by atoms with van der Waals surface area (Å²) in [5, 5.41) is 15.2. The molecule has 2 heterocycles. The van der Waals surface area contributed by atoms with E-state index in [1.54, 1.807) is 17.6 Å². The van der Waals surface area contributed by atoms with Crippen LogP contribution in [0.15, 0.2) is 36.0 Å². The third-order valence-electron chi connectivity index (χ3n) is 4.22. The maximum atomic E-state index is 12.1. The molecule has 0 aliphatic heterocycles. The van der Waals surface area contributed by atoms with E-state index in [4.69, 9.17) is 23.2 Å². The number of carbonyl (C=O) groups excluding carboxylic acids is 1. The highest BCUT2D eigenvalue weighted by molar-refractivity contribution is 7.13. The van der Waals surface area contributed by atoms with Crippen LogP contribution in [0.25, 0.3) is 0 Å². The van der Waals surface area contributed by atoms with Gasteiger partial charge in [0.05, 0.1) is 21.7 Å². The van der Waals surface area contributed by atoms with E-state index in [1.165, 1.54) is 17.5 Å². The molecule has 2 aromatic heterocycles. The quantitative estimate of drug-likeness (QED) is 0.663. The minimum atomic E-state index is -0.270. The van der Waals surface area contributed by atoms with Gasteiger partial charge in [-0.15, -0.1) is 10.2 Å². The van der Waals surface area contributed by atoms with E-state index in [2.05, 4.69) is 25.8 Å². The van der Waals surface area contributed by atoms with Gasteiger partial charge in [0.25, 0.3) is 5.91 Å². The fourth-order valence-electron chi connectivity index (χ4n) is 2.97. The summed E-state index contributed by atoms with van der Waals surface area (Å²) in [4.78, 5) is 16.5. The summed E-state index contributed by atoms with van der Waals surface area (Å²) in [5.74, 6) is 0.426. The van der Waals surface area contributed by atoms with Gasteiger partial charge in [-0.05, 0) is 42.2 Å². The molecular formula is C17H13Cl2N5OS. The summed E-state index contributed by atoms with van der Waals surface area (Å²) in [6.45, 7) is 0. The van der Waals surface area contributed by atoms with Crippen molar-refractivity contribution in [1.82, 2.24) is 15.2 Å². The number of carbonyl (C=O) groups is 1. The summed E-state index contributed by atoms with van der Waals surface area (Å²) >= 11 is 13.6. The maximum Gasteiger partial charge on any atom is 0.259 e. The maximum absolute atomic E-state index is 12.1. The second-order valence-corrected chi connectivity index (χ2v) is 7.41. The van der Waals surface area contributed by atoms with Crippen LogP contribution in [0.1, 0.15) is 33.9 Å². The van der Waals surface area contributed by atoms with Crippen LogP contribution < -0.4 is 10.6 Å². The minimum Gasteiger partial charge on any atom is -0.363 e. The molecule has 0 spiro atoms. The SMILES string of the molecule is O=C(Nc1nncs1)c1ccc(NC2CCc3c2ccc(Cl)c3Cl)nc1. The molecule has 6 nitrogen and oxygen atoms in total. The Labute approximate surface area is 163 Å². The lowest BCUT2D eigenvalue weighted by molar-refractivity contribution is 0.102. The molecular weight excluding hydrogens is 393 g/mol. The summed E-state index contributed by atoms with van der Waals surface area (Å²) in [6.07, 6.45) is 3.31. The standard InChI is InChI=1S/C17H13Cl2N5OS/c18-12-4-2-10-11(15(12)19)3-5-13(10)22-14-6-1-9(7-20-14)16(25)23-17-24-21-8-26-17/h1-2,4,6-8,13H,3,5H2,(H,20,22)(H,23,24,25). The largest absolute Gasteiger partial charge is 0.363 e. The Bertz CT molecular complexity index is 947. The van der Waals surface area contributed by atoms with Gasteiger partial charge in [0, 0.05) is 6.20 Å². The van der Waals surface area contributed by atoms with E-state index < -0.39 is 0 Å². The van der Waals surface area contributed by atoms with Crippen molar-refractivity contribution in [3.05, 3.63) is 62.7 Å². The molecule has 1 aliphatic rings. The highest BCUT2D eigenvalue weighted by Gasteiger charge is 2.25. The first kappa shape index (κ1) is 17.2. The first-order chi connectivity index (χ1) is 12.6. The first-order valence-electron chi connectivity index (χ1n) is 7.88. The second-order valence-electron chi connectivity index (χ2n) is 5.79. The van der Waals surface area contributed by atoms with Crippen LogP contribution in [0.4, 0.5) is 10.9 Å².